The van der Waals surface area contributed by atoms with Crippen molar-refractivity contribution in [3.05, 3.63) is 23.9 Å². The van der Waals surface area contributed by atoms with Crippen LogP contribution in [-0.4, -0.2) is 11.0 Å². The molecule has 1 heterocycles. The molecular weight excluding hydrogens is 172 g/mol. The molecule has 1 saturated carbocycles. The van der Waals surface area contributed by atoms with E-state index < -0.39 is 0 Å². The van der Waals surface area contributed by atoms with Gasteiger partial charge in [0, 0.05) is 11.7 Å². The fourth-order valence-corrected chi connectivity index (χ4v) is 2.02. The maximum Gasteiger partial charge on any atom is 0.126 e. The first kappa shape index (κ1) is 9.50. The van der Waals surface area contributed by atoms with Gasteiger partial charge in [-0.2, -0.15) is 0 Å². The summed E-state index contributed by atoms with van der Waals surface area (Å²) in [6.45, 7) is 4.30. The largest absolute Gasteiger partial charge is 0.367 e. The normalized spacial score (nSPS) is 25.6. The average molecular weight is 190 g/mol. The molecule has 1 aromatic rings. The van der Waals surface area contributed by atoms with Crippen LogP contribution < -0.4 is 5.32 Å². The molecule has 2 heteroatoms. The van der Waals surface area contributed by atoms with Gasteiger partial charge in [-0.05, 0) is 37.8 Å². The van der Waals surface area contributed by atoms with Gasteiger partial charge < -0.3 is 5.32 Å². The van der Waals surface area contributed by atoms with Crippen molar-refractivity contribution < 1.29 is 0 Å². The third-order valence-corrected chi connectivity index (χ3v) is 3.05. The first-order valence-electron chi connectivity index (χ1n) is 5.48. The van der Waals surface area contributed by atoms with E-state index in [0.29, 0.717) is 6.04 Å². The number of anilines is 1. The molecule has 1 fully saturated rings. The second-order valence-electron chi connectivity index (χ2n) is 4.25. The minimum absolute atomic E-state index is 0.661. The molecule has 1 aliphatic rings. The highest BCUT2D eigenvalue weighted by atomic mass is 15.0. The Labute approximate surface area is 85.7 Å². The summed E-state index contributed by atoms with van der Waals surface area (Å²) in [5, 5.41) is 3.47. The Morgan fingerprint density at radius 1 is 1.43 bits per heavy atom. The minimum Gasteiger partial charge on any atom is -0.367 e. The lowest BCUT2D eigenvalue weighted by molar-refractivity contribution is 0.274. The minimum atomic E-state index is 0.661. The Morgan fingerprint density at radius 3 is 2.86 bits per heavy atom. The number of aromatic nitrogens is 1. The molecule has 2 rings (SSSR count). The van der Waals surface area contributed by atoms with Crippen LogP contribution in [0.15, 0.2) is 18.2 Å². The molecule has 2 nitrogen and oxygen atoms in total. The number of nitrogens with one attached hydrogen (secondary N) is 1. The van der Waals surface area contributed by atoms with Crippen LogP contribution in [0.3, 0.4) is 0 Å². The van der Waals surface area contributed by atoms with Gasteiger partial charge in [-0.1, -0.05) is 19.4 Å². The van der Waals surface area contributed by atoms with Crippen molar-refractivity contribution in [3.8, 4) is 0 Å². The molecule has 0 saturated heterocycles. The maximum atomic E-state index is 4.43. The summed E-state index contributed by atoms with van der Waals surface area (Å²) in [6.07, 6.45) is 3.94. The zero-order chi connectivity index (χ0) is 9.97. The smallest absolute Gasteiger partial charge is 0.126 e. The van der Waals surface area contributed by atoms with E-state index >= 15 is 0 Å². The van der Waals surface area contributed by atoms with Crippen LogP contribution in [0, 0.1) is 12.8 Å². The number of hydrogen-bond acceptors (Lipinski definition) is 2. The van der Waals surface area contributed by atoms with Crippen LogP contribution in [0.1, 0.15) is 31.9 Å². The molecule has 0 bridgehead atoms. The second-order valence-corrected chi connectivity index (χ2v) is 4.25. The fourth-order valence-electron chi connectivity index (χ4n) is 2.02. The van der Waals surface area contributed by atoms with Crippen molar-refractivity contribution in [1.82, 2.24) is 4.98 Å². The van der Waals surface area contributed by atoms with E-state index in [1.54, 1.807) is 0 Å². The maximum absolute atomic E-state index is 4.43. The standard InChI is InChI=1S/C12H18N2/c1-3-10-7-11(8-10)14-12-6-4-5-9(2)13-12/h4-6,10-11H,3,7-8H2,1-2H3,(H,13,14). The summed E-state index contributed by atoms with van der Waals surface area (Å²) in [7, 11) is 0. The number of rotatable bonds is 3. The van der Waals surface area contributed by atoms with E-state index in [1.807, 2.05) is 19.1 Å². The highest BCUT2D eigenvalue weighted by Gasteiger charge is 2.27. The highest BCUT2D eigenvalue weighted by Crippen LogP contribution is 2.31. The molecule has 0 aromatic carbocycles. The van der Waals surface area contributed by atoms with E-state index in [-0.39, 0.29) is 0 Å². The fraction of sp³-hybridized carbons (Fsp3) is 0.583. The molecule has 0 amide bonds. The predicted octanol–water partition coefficient (Wildman–Crippen LogP) is 2.99. The summed E-state index contributed by atoms with van der Waals surface area (Å²) in [4.78, 5) is 4.43. The van der Waals surface area contributed by atoms with E-state index in [0.717, 1.165) is 17.4 Å². The van der Waals surface area contributed by atoms with Gasteiger partial charge in [0.1, 0.15) is 5.82 Å². The third kappa shape index (κ3) is 2.06. The molecule has 0 spiro atoms. The Morgan fingerprint density at radius 2 is 2.21 bits per heavy atom. The van der Waals surface area contributed by atoms with Gasteiger partial charge in [-0.25, -0.2) is 4.98 Å². The van der Waals surface area contributed by atoms with Gasteiger partial charge >= 0.3 is 0 Å². The predicted molar refractivity (Wildman–Crippen MR) is 59.4 cm³/mol. The Kier molecular flexibility index (Phi) is 2.71. The zero-order valence-electron chi connectivity index (χ0n) is 8.96. The van der Waals surface area contributed by atoms with Crippen molar-refractivity contribution in [2.24, 2.45) is 5.92 Å². The van der Waals surface area contributed by atoms with Gasteiger partial charge in [0.15, 0.2) is 0 Å². The van der Waals surface area contributed by atoms with Crippen molar-refractivity contribution in [3.63, 3.8) is 0 Å². The molecule has 1 aromatic heterocycles. The zero-order valence-corrected chi connectivity index (χ0v) is 8.96. The monoisotopic (exact) mass is 190 g/mol. The van der Waals surface area contributed by atoms with Crippen LogP contribution in [0.2, 0.25) is 0 Å². The van der Waals surface area contributed by atoms with Gasteiger partial charge in [0.25, 0.3) is 0 Å². The Bertz CT molecular complexity index is 303. The van der Waals surface area contributed by atoms with E-state index in [4.69, 9.17) is 0 Å². The Hall–Kier alpha value is -1.05. The summed E-state index contributed by atoms with van der Waals surface area (Å²) < 4.78 is 0. The van der Waals surface area contributed by atoms with E-state index in [2.05, 4.69) is 23.3 Å². The van der Waals surface area contributed by atoms with E-state index in [9.17, 15) is 0 Å². The van der Waals surface area contributed by atoms with Crippen LogP contribution in [0.25, 0.3) is 0 Å². The van der Waals surface area contributed by atoms with Crippen LogP contribution in [0.4, 0.5) is 5.82 Å². The molecule has 1 aliphatic carbocycles. The van der Waals surface area contributed by atoms with E-state index in [1.165, 1.54) is 19.3 Å². The van der Waals surface area contributed by atoms with Crippen LogP contribution >= 0.6 is 0 Å². The van der Waals surface area contributed by atoms with Gasteiger partial charge in [-0.15, -0.1) is 0 Å². The molecule has 0 unspecified atom stereocenters. The third-order valence-electron chi connectivity index (χ3n) is 3.05. The molecule has 1 N–H and O–H groups in total. The second kappa shape index (κ2) is 3.99. The quantitative estimate of drug-likeness (QED) is 0.792. The van der Waals surface area contributed by atoms with Crippen LogP contribution in [-0.2, 0) is 0 Å². The van der Waals surface area contributed by atoms with Crippen molar-refractivity contribution >= 4 is 5.82 Å². The number of aryl methyl sites for hydroxylation is 1. The molecule has 14 heavy (non-hydrogen) atoms. The van der Waals surface area contributed by atoms with Gasteiger partial charge in [-0.3, -0.25) is 0 Å². The number of pyridine rings is 1. The molecule has 0 atom stereocenters. The summed E-state index contributed by atoms with van der Waals surface area (Å²) in [5.41, 5.74) is 1.08. The number of nitrogens with zero attached hydrogens (tertiary/aromatic N) is 1. The molecule has 0 radical (unpaired) electrons. The lowest BCUT2D eigenvalue weighted by atomic mass is 9.79. The first-order valence-corrected chi connectivity index (χ1v) is 5.48. The summed E-state index contributed by atoms with van der Waals surface area (Å²) in [5.74, 6) is 1.97. The topological polar surface area (TPSA) is 24.9 Å². The molecular formula is C12H18N2. The average Bonchev–Trinajstić information content (AvgIpc) is 2.10. The van der Waals surface area contributed by atoms with Crippen LogP contribution in [0.5, 0.6) is 0 Å². The lowest BCUT2D eigenvalue weighted by Crippen LogP contribution is -2.35. The van der Waals surface area contributed by atoms with Crippen molar-refractivity contribution in [1.29, 1.82) is 0 Å². The SMILES string of the molecule is CCC1CC(Nc2cccc(C)n2)C1. The summed E-state index contributed by atoms with van der Waals surface area (Å²) >= 11 is 0. The first-order chi connectivity index (χ1) is 6.78. The van der Waals surface area contributed by atoms with Gasteiger partial charge in [0.2, 0.25) is 0 Å². The summed E-state index contributed by atoms with van der Waals surface area (Å²) in [6, 6.07) is 6.79. The Balaban J connectivity index is 1.87. The number of hydrogen-bond donors (Lipinski definition) is 1. The van der Waals surface area contributed by atoms with Crippen molar-refractivity contribution in [2.45, 2.75) is 39.2 Å². The molecule has 76 valence electrons. The highest BCUT2D eigenvalue weighted by molar-refractivity contribution is 5.36. The lowest BCUT2D eigenvalue weighted by Gasteiger charge is -2.35. The van der Waals surface area contributed by atoms with Crippen molar-refractivity contribution in [2.75, 3.05) is 5.32 Å². The molecule has 0 aliphatic heterocycles. The van der Waals surface area contributed by atoms with Gasteiger partial charge in [0.05, 0.1) is 0 Å².